The van der Waals surface area contributed by atoms with E-state index in [1.165, 1.54) is 0 Å². The van der Waals surface area contributed by atoms with Crippen LogP contribution < -0.4 is 5.32 Å². The fourth-order valence-electron chi connectivity index (χ4n) is 1.11. The van der Waals surface area contributed by atoms with E-state index in [1.807, 2.05) is 12.5 Å². The van der Waals surface area contributed by atoms with Gasteiger partial charge in [0.05, 0.1) is 12.9 Å². The molecule has 2 heterocycles. The summed E-state index contributed by atoms with van der Waals surface area (Å²) in [5, 5.41) is 3.20. The van der Waals surface area contributed by atoms with Crippen LogP contribution in [0.3, 0.4) is 0 Å². The van der Waals surface area contributed by atoms with Crippen LogP contribution in [0.4, 0.5) is 0 Å². The Morgan fingerprint density at radius 3 is 3.56 bits per heavy atom. The Hall–Kier alpha value is -0.990. The molecule has 1 atom stereocenters. The average Bonchev–Trinajstić information content (AvgIpc) is 2.33. The van der Waals surface area contributed by atoms with Crippen molar-refractivity contribution < 1.29 is 0 Å². The first-order chi connectivity index (χ1) is 4.47. The SMILES string of the molecule is C1=CNC2CN=CN2C1. The van der Waals surface area contributed by atoms with Crippen LogP contribution >= 0.6 is 0 Å². The summed E-state index contributed by atoms with van der Waals surface area (Å²) in [6.07, 6.45) is 6.43. The van der Waals surface area contributed by atoms with Crippen LogP contribution in [-0.2, 0) is 0 Å². The zero-order valence-corrected chi connectivity index (χ0v) is 5.12. The highest BCUT2D eigenvalue weighted by Crippen LogP contribution is 2.04. The van der Waals surface area contributed by atoms with Gasteiger partial charge in [-0.15, -0.1) is 0 Å². The average molecular weight is 123 g/mol. The second kappa shape index (κ2) is 1.76. The molecule has 0 saturated heterocycles. The van der Waals surface area contributed by atoms with Crippen molar-refractivity contribution in [3.63, 3.8) is 0 Å². The molecule has 0 aromatic heterocycles. The van der Waals surface area contributed by atoms with Crippen molar-refractivity contribution in [1.29, 1.82) is 0 Å². The molecule has 0 amide bonds. The molecule has 2 rings (SSSR count). The smallest absolute Gasteiger partial charge is 0.120 e. The molecule has 2 aliphatic rings. The quantitative estimate of drug-likeness (QED) is 0.482. The Morgan fingerprint density at radius 1 is 1.67 bits per heavy atom. The van der Waals surface area contributed by atoms with Crippen molar-refractivity contribution in [2.45, 2.75) is 6.17 Å². The lowest BCUT2D eigenvalue weighted by Gasteiger charge is -2.26. The third kappa shape index (κ3) is 0.686. The summed E-state index contributed by atoms with van der Waals surface area (Å²) in [4.78, 5) is 6.31. The van der Waals surface area contributed by atoms with Crippen LogP contribution in [0, 0.1) is 0 Å². The lowest BCUT2D eigenvalue weighted by Crippen LogP contribution is -2.43. The van der Waals surface area contributed by atoms with Gasteiger partial charge in [-0.1, -0.05) is 0 Å². The molecule has 0 spiro atoms. The first kappa shape index (κ1) is 4.85. The molecule has 1 N–H and O–H groups in total. The van der Waals surface area contributed by atoms with Crippen molar-refractivity contribution in [3.05, 3.63) is 12.3 Å². The monoisotopic (exact) mass is 123 g/mol. The molecule has 0 aromatic rings. The maximum atomic E-state index is 4.13. The van der Waals surface area contributed by atoms with E-state index in [1.54, 1.807) is 0 Å². The molecular formula is C6H9N3. The molecule has 3 heteroatoms. The van der Waals surface area contributed by atoms with Gasteiger partial charge in [0, 0.05) is 6.54 Å². The molecule has 3 nitrogen and oxygen atoms in total. The summed E-state index contributed by atoms with van der Waals surface area (Å²) in [6, 6.07) is 0. The Kier molecular flexibility index (Phi) is 0.946. The van der Waals surface area contributed by atoms with Gasteiger partial charge in [-0.2, -0.15) is 0 Å². The minimum Gasteiger partial charge on any atom is -0.370 e. The van der Waals surface area contributed by atoms with Gasteiger partial charge in [-0.3, -0.25) is 4.99 Å². The number of nitrogens with one attached hydrogen (secondary N) is 1. The molecule has 0 aliphatic carbocycles. The number of aliphatic imine (C=N–C) groups is 1. The normalized spacial score (nSPS) is 30.2. The minimum absolute atomic E-state index is 0.440. The molecule has 9 heavy (non-hydrogen) atoms. The van der Waals surface area contributed by atoms with E-state index in [2.05, 4.69) is 21.3 Å². The molecule has 0 bridgehead atoms. The number of rotatable bonds is 0. The first-order valence-electron chi connectivity index (χ1n) is 3.13. The summed E-state index contributed by atoms with van der Waals surface area (Å²) in [7, 11) is 0. The summed E-state index contributed by atoms with van der Waals surface area (Å²) in [5.41, 5.74) is 0. The van der Waals surface area contributed by atoms with Gasteiger partial charge in [0.25, 0.3) is 0 Å². The van der Waals surface area contributed by atoms with Gasteiger partial charge < -0.3 is 10.2 Å². The second-order valence-electron chi connectivity index (χ2n) is 2.26. The summed E-state index contributed by atoms with van der Waals surface area (Å²) in [5.74, 6) is 0. The molecule has 48 valence electrons. The zero-order chi connectivity index (χ0) is 6.10. The van der Waals surface area contributed by atoms with Crippen LogP contribution in [0.15, 0.2) is 17.3 Å². The highest BCUT2D eigenvalue weighted by molar-refractivity contribution is 5.58. The Morgan fingerprint density at radius 2 is 2.67 bits per heavy atom. The Balaban J connectivity index is 2.13. The Labute approximate surface area is 54.1 Å². The predicted molar refractivity (Wildman–Crippen MR) is 36.1 cm³/mol. The largest absolute Gasteiger partial charge is 0.370 e. The van der Waals surface area contributed by atoms with Gasteiger partial charge in [0.15, 0.2) is 0 Å². The van der Waals surface area contributed by atoms with E-state index in [4.69, 9.17) is 0 Å². The van der Waals surface area contributed by atoms with Crippen molar-refractivity contribution >= 4 is 6.34 Å². The molecule has 0 fully saturated rings. The number of fused-ring (bicyclic) bond motifs is 1. The third-order valence-corrected chi connectivity index (χ3v) is 1.63. The van der Waals surface area contributed by atoms with E-state index < -0.39 is 0 Å². The predicted octanol–water partition coefficient (Wildman–Crippen LogP) is -0.227. The molecule has 0 radical (unpaired) electrons. The van der Waals surface area contributed by atoms with Gasteiger partial charge in [0.2, 0.25) is 0 Å². The van der Waals surface area contributed by atoms with E-state index in [9.17, 15) is 0 Å². The van der Waals surface area contributed by atoms with Crippen LogP contribution in [-0.4, -0.2) is 30.5 Å². The lowest BCUT2D eigenvalue weighted by molar-refractivity contribution is 0.334. The first-order valence-corrected chi connectivity index (χ1v) is 3.13. The maximum Gasteiger partial charge on any atom is 0.120 e. The standard InChI is InChI=1S/C6H9N3/c1-2-8-6-4-7-5-9(6)3-1/h1-2,5-6,8H,3-4H2. The van der Waals surface area contributed by atoms with Crippen LogP contribution in [0.25, 0.3) is 0 Å². The molecular weight excluding hydrogens is 114 g/mol. The van der Waals surface area contributed by atoms with Crippen LogP contribution in [0.1, 0.15) is 0 Å². The number of hydrogen-bond donors (Lipinski definition) is 1. The summed E-state index contributed by atoms with van der Waals surface area (Å²) >= 11 is 0. The molecule has 0 saturated carbocycles. The summed E-state index contributed by atoms with van der Waals surface area (Å²) < 4.78 is 0. The zero-order valence-electron chi connectivity index (χ0n) is 5.12. The van der Waals surface area contributed by atoms with Crippen molar-refractivity contribution in [2.24, 2.45) is 4.99 Å². The number of hydrogen-bond acceptors (Lipinski definition) is 3. The topological polar surface area (TPSA) is 27.6 Å². The van der Waals surface area contributed by atoms with Crippen LogP contribution in [0.5, 0.6) is 0 Å². The molecule has 1 unspecified atom stereocenters. The maximum absolute atomic E-state index is 4.13. The van der Waals surface area contributed by atoms with Crippen molar-refractivity contribution in [3.8, 4) is 0 Å². The third-order valence-electron chi connectivity index (χ3n) is 1.63. The van der Waals surface area contributed by atoms with E-state index in [-0.39, 0.29) is 0 Å². The van der Waals surface area contributed by atoms with Gasteiger partial charge >= 0.3 is 0 Å². The van der Waals surface area contributed by atoms with Gasteiger partial charge in [-0.05, 0) is 12.3 Å². The number of nitrogens with zero attached hydrogens (tertiary/aromatic N) is 2. The van der Waals surface area contributed by atoms with E-state index >= 15 is 0 Å². The second-order valence-corrected chi connectivity index (χ2v) is 2.26. The lowest BCUT2D eigenvalue weighted by atomic mass is 10.4. The fourth-order valence-corrected chi connectivity index (χ4v) is 1.11. The summed E-state index contributed by atoms with van der Waals surface area (Å²) in [6.45, 7) is 1.89. The highest BCUT2D eigenvalue weighted by atomic mass is 15.3. The Bertz CT molecular complexity index is 162. The minimum atomic E-state index is 0.440. The molecule has 2 aliphatic heterocycles. The fraction of sp³-hybridized carbons (Fsp3) is 0.500. The van der Waals surface area contributed by atoms with Crippen molar-refractivity contribution in [2.75, 3.05) is 13.1 Å². The van der Waals surface area contributed by atoms with Crippen LogP contribution in [0.2, 0.25) is 0 Å². The van der Waals surface area contributed by atoms with Gasteiger partial charge in [-0.25, -0.2) is 0 Å². The van der Waals surface area contributed by atoms with Gasteiger partial charge in [0.1, 0.15) is 6.17 Å². The molecule has 0 aromatic carbocycles. The van der Waals surface area contributed by atoms with E-state index in [0.29, 0.717) is 6.17 Å². The van der Waals surface area contributed by atoms with Crippen molar-refractivity contribution in [1.82, 2.24) is 10.2 Å². The highest BCUT2D eigenvalue weighted by Gasteiger charge is 2.18. The van der Waals surface area contributed by atoms with E-state index in [0.717, 1.165) is 13.1 Å².